The van der Waals surface area contributed by atoms with Gasteiger partial charge in [0.05, 0.1) is 19.9 Å². The number of benzene rings is 2. The van der Waals surface area contributed by atoms with Crippen molar-refractivity contribution in [1.82, 2.24) is 9.97 Å². The van der Waals surface area contributed by atoms with Crippen molar-refractivity contribution in [2.45, 2.75) is 6.92 Å². The summed E-state index contributed by atoms with van der Waals surface area (Å²) in [6.45, 7) is 2.77. The Morgan fingerprint density at radius 2 is 1.81 bits per heavy atom. The van der Waals surface area contributed by atoms with E-state index >= 15 is 0 Å². The van der Waals surface area contributed by atoms with E-state index in [-0.39, 0.29) is 0 Å². The zero-order chi connectivity index (χ0) is 19.2. The van der Waals surface area contributed by atoms with Crippen LogP contribution in [0.15, 0.2) is 54.9 Å². The third kappa shape index (κ3) is 3.87. The van der Waals surface area contributed by atoms with Crippen LogP contribution < -0.4 is 25.4 Å². The molecule has 27 heavy (non-hydrogen) atoms. The molecule has 3 rings (SSSR count). The Bertz CT molecular complexity index is 902. The van der Waals surface area contributed by atoms with E-state index in [2.05, 4.69) is 15.3 Å². The number of rotatable bonds is 7. The van der Waals surface area contributed by atoms with Gasteiger partial charge in [0.1, 0.15) is 23.5 Å². The van der Waals surface area contributed by atoms with Crippen LogP contribution in [0.3, 0.4) is 0 Å². The summed E-state index contributed by atoms with van der Waals surface area (Å²) in [4.78, 5) is 10.7. The first-order valence-electron chi connectivity index (χ1n) is 8.60. The standard InChI is InChI=1S/C20H23N5O2/c1-4-25(14-8-6-5-7-9-14)20-18(21)19(22-13-23-20)24-16-11-10-15(26-2)12-17(16)27-3/h5-13H,4,21H2,1-3H3,(H,22,23,24). The molecule has 0 radical (unpaired) electrons. The van der Waals surface area contributed by atoms with E-state index in [9.17, 15) is 0 Å². The number of hydrogen-bond donors (Lipinski definition) is 2. The smallest absolute Gasteiger partial charge is 0.161 e. The number of nitrogens with zero attached hydrogens (tertiary/aromatic N) is 3. The van der Waals surface area contributed by atoms with Crippen LogP contribution in [0.25, 0.3) is 0 Å². The van der Waals surface area contributed by atoms with Crippen LogP contribution in [0.2, 0.25) is 0 Å². The summed E-state index contributed by atoms with van der Waals surface area (Å²) in [5, 5.41) is 3.23. The molecule has 140 valence electrons. The minimum absolute atomic E-state index is 0.459. The van der Waals surface area contributed by atoms with E-state index in [0.29, 0.717) is 28.8 Å². The van der Waals surface area contributed by atoms with E-state index in [4.69, 9.17) is 15.2 Å². The topological polar surface area (TPSA) is 85.5 Å². The Balaban J connectivity index is 1.96. The summed E-state index contributed by atoms with van der Waals surface area (Å²) < 4.78 is 10.7. The second kappa shape index (κ2) is 8.27. The molecule has 7 nitrogen and oxygen atoms in total. The Labute approximate surface area is 158 Å². The van der Waals surface area contributed by atoms with Crippen molar-refractivity contribution >= 4 is 28.7 Å². The quantitative estimate of drug-likeness (QED) is 0.655. The minimum Gasteiger partial charge on any atom is -0.497 e. The maximum Gasteiger partial charge on any atom is 0.161 e. The normalized spacial score (nSPS) is 10.3. The predicted molar refractivity (Wildman–Crippen MR) is 108 cm³/mol. The molecular weight excluding hydrogens is 342 g/mol. The SMILES string of the molecule is CCN(c1ccccc1)c1ncnc(Nc2ccc(OC)cc2OC)c1N. The van der Waals surface area contributed by atoms with Gasteiger partial charge in [-0.2, -0.15) is 0 Å². The van der Waals surface area contributed by atoms with Gasteiger partial charge in [-0.1, -0.05) is 18.2 Å². The highest BCUT2D eigenvalue weighted by Gasteiger charge is 2.16. The summed E-state index contributed by atoms with van der Waals surface area (Å²) in [6.07, 6.45) is 1.50. The minimum atomic E-state index is 0.459. The van der Waals surface area contributed by atoms with Gasteiger partial charge in [0, 0.05) is 18.3 Å². The predicted octanol–water partition coefficient (Wildman–Crippen LogP) is 3.98. The maximum atomic E-state index is 6.40. The van der Waals surface area contributed by atoms with Crippen molar-refractivity contribution in [2.75, 3.05) is 36.7 Å². The third-order valence-electron chi connectivity index (χ3n) is 4.16. The highest BCUT2D eigenvalue weighted by Crippen LogP contribution is 2.36. The van der Waals surface area contributed by atoms with Gasteiger partial charge in [0.2, 0.25) is 0 Å². The van der Waals surface area contributed by atoms with E-state index in [1.807, 2.05) is 54.3 Å². The van der Waals surface area contributed by atoms with Crippen LogP contribution in [0.4, 0.5) is 28.7 Å². The maximum absolute atomic E-state index is 6.40. The van der Waals surface area contributed by atoms with E-state index in [1.165, 1.54) is 6.33 Å². The molecule has 0 atom stereocenters. The summed E-state index contributed by atoms with van der Waals surface area (Å²) >= 11 is 0. The van der Waals surface area contributed by atoms with Gasteiger partial charge in [-0.15, -0.1) is 0 Å². The highest BCUT2D eigenvalue weighted by atomic mass is 16.5. The number of nitrogens with one attached hydrogen (secondary N) is 1. The van der Waals surface area contributed by atoms with Crippen LogP contribution >= 0.6 is 0 Å². The molecule has 0 saturated carbocycles. The van der Waals surface area contributed by atoms with Crippen molar-refractivity contribution in [3.05, 3.63) is 54.9 Å². The lowest BCUT2D eigenvalue weighted by Crippen LogP contribution is -2.19. The average molecular weight is 365 g/mol. The molecule has 3 aromatic rings. The van der Waals surface area contributed by atoms with Crippen molar-refractivity contribution in [2.24, 2.45) is 0 Å². The molecule has 2 aromatic carbocycles. The fraction of sp³-hybridized carbons (Fsp3) is 0.200. The second-order valence-corrected chi connectivity index (χ2v) is 5.73. The van der Waals surface area contributed by atoms with Gasteiger partial charge in [-0.3, -0.25) is 0 Å². The fourth-order valence-corrected chi connectivity index (χ4v) is 2.79. The van der Waals surface area contributed by atoms with E-state index < -0.39 is 0 Å². The summed E-state index contributed by atoms with van der Waals surface area (Å²) in [5.74, 6) is 2.49. The van der Waals surface area contributed by atoms with Crippen LogP contribution in [0, 0.1) is 0 Å². The molecule has 0 aliphatic carbocycles. The largest absolute Gasteiger partial charge is 0.497 e. The van der Waals surface area contributed by atoms with Gasteiger partial charge in [-0.05, 0) is 31.2 Å². The molecule has 0 fully saturated rings. The van der Waals surface area contributed by atoms with Crippen molar-refractivity contribution in [3.63, 3.8) is 0 Å². The number of methoxy groups -OCH3 is 2. The third-order valence-corrected chi connectivity index (χ3v) is 4.16. The number of para-hydroxylation sites is 1. The van der Waals surface area contributed by atoms with Crippen LogP contribution in [0.5, 0.6) is 11.5 Å². The zero-order valence-corrected chi connectivity index (χ0v) is 15.6. The Hall–Kier alpha value is -3.48. The molecule has 0 bridgehead atoms. The van der Waals surface area contributed by atoms with Gasteiger partial charge < -0.3 is 25.4 Å². The number of hydrogen-bond acceptors (Lipinski definition) is 7. The number of nitrogen functional groups attached to an aromatic ring is 1. The molecule has 0 aliphatic rings. The van der Waals surface area contributed by atoms with Gasteiger partial charge in [0.15, 0.2) is 11.6 Å². The Morgan fingerprint density at radius 1 is 1.04 bits per heavy atom. The number of nitrogens with two attached hydrogens (primary N) is 1. The van der Waals surface area contributed by atoms with Gasteiger partial charge >= 0.3 is 0 Å². The van der Waals surface area contributed by atoms with Gasteiger partial charge in [0.25, 0.3) is 0 Å². The molecule has 1 heterocycles. The molecule has 1 aromatic heterocycles. The first kappa shape index (κ1) is 18.3. The Morgan fingerprint density at radius 3 is 2.48 bits per heavy atom. The van der Waals surface area contributed by atoms with Crippen molar-refractivity contribution in [1.29, 1.82) is 0 Å². The van der Waals surface area contributed by atoms with E-state index in [0.717, 1.165) is 17.9 Å². The molecular formula is C20H23N5O2. The monoisotopic (exact) mass is 365 g/mol. The molecule has 0 saturated heterocycles. The number of ether oxygens (including phenoxy) is 2. The van der Waals surface area contributed by atoms with Crippen LogP contribution in [-0.2, 0) is 0 Å². The fourth-order valence-electron chi connectivity index (χ4n) is 2.79. The Kier molecular flexibility index (Phi) is 5.61. The number of anilines is 5. The van der Waals surface area contributed by atoms with Crippen LogP contribution in [-0.4, -0.2) is 30.7 Å². The van der Waals surface area contributed by atoms with Crippen molar-refractivity contribution in [3.8, 4) is 11.5 Å². The summed E-state index contributed by atoms with van der Waals surface area (Å²) in [7, 11) is 3.21. The number of aromatic nitrogens is 2. The highest BCUT2D eigenvalue weighted by molar-refractivity contribution is 5.82. The van der Waals surface area contributed by atoms with Crippen LogP contribution in [0.1, 0.15) is 6.92 Å². The summed E-state index contributed by atoms with van der Waals surface area (Å²) in [6, 6.07) is 15.5. The molecule has 3 N–H and O–H groups in total. The van der Waals surface area contributed by atoms with Gasteiger partial charge in [-0.25, -0.2) is 9.97 Å². The first-order valence-corrected chi connectivity index (χ1v) is 8.60. The molecule has 0 amide bonds. The lowest BCUT2D eigenvalue weighted by Gasteiger charge is -2.24. The van der Waals surface area contributed by atoms with Crippen molar-refractivity contribution < 1.29 is 9.47 Å². The average Bonchev–Trinajstić information content (AvgIpc) is 2.72. The zero-order valence-electron chi connectivity index (χ0n) is 15.6. The lowest BCUT2D eigenvalue weighted by atomic mass is 10.2. The molecule has 0 aliphatic heterocycles. The first-order chi connectivity index (χ1) is 13.2. The second-order valence-electron chi connectivity index (χ2n) is 5.73. The summed E-state index contributed by atoms with van der Waals surface area (Å²) in [5.41, 5.74) is 8.60. The molecule has 0 spiro atoms. The lowest BCUT2D eigenvalue weighted by molar-refractivity contribution is 0.395. The molecule has 0 unspecified atom stereocenters. The van der Waals surface area contributed by atoms with E-state index in [1.54, 1.807) is 20.3 Å². The molecule has 7 heteroatoms.